The summed E-state index contributed by atoms with van der Waals surface area (Å²) in [6.07, 6.45) is 3.43. The summed E-state index contributed by atoms with van der Waals surface area (Å²) in [4.78, 5) is 12.1. The normalized spacial score (nSPS) is 22.8. The van der Waals surface area contributed by atoms with Crippen molar-refractivity contribution >= 4 is 11.6 Å². The largest absolute Gasteiger partial charge is 0.497 e. The molecule has 0 aromatic heterocycles. The fraction of sp³-hybridized carbons (Fsp3) is 0.500. The molecule has 1 aliphatic carbocycles. The molecule has 1 aromatic carbocycles. The molecule has 0 aliphatic heterocycles. The van der Waals surface area contributed by atoms with Gasteiger partial charge in [-0.2, -0.15) is 0 Å². The van der Waals surface area contributed by atoms with Gasteiger partial charge in [-0.25, -0.2) is 0 Å². The summed E-state index contributed by atoms with van der Waals surface area (Å²) in [7, 11) is 1.56. The number of hydrogen-bond acceptors (Lipinski definition) is 3. The van der Waals surface area contributed by atoms with E-state index < -0.39 is 0 Å². The molecule has 1 saturated carbocycles. The Morgan fingerprint density at radius 1 is 1.39 bits per heavy atom. The minimum Gasteiger partial charge on any atom is -0.497 e. The maximum atomic E-state index is 12.1. The number of ether oxygens (including phenoxy) is 1. The Hall–Kier alpha value is -1.71. The van der Waals surface area contributed by atoms with E-state index in [9.17, 15) is 4.79 Å². The first kappa shape index (κ1) is 12.7. The summed E-state index contributed by atoms with van der Waals surface area (Å²) in [5.74, 6) is 1.09. The first-order valence-electron chi connectivity index (χ1n) is 6.35. The lowest BCUT2D eigenvalue weighted by atomic mass is 10.1. The number of anilines is 1. The van der Waals surface area contributed by atoms with Gasteiger partial charge in [-0.05, 0) is 30.9 Å². The van der Waals surface area contributed by atoms with Crippen LogP contribution in [0.1, 0.15) is 36.5 Å². The van der Waals surface area contributed by atoms with E-state index in [4.69, 9.17) is 10.5 Å². The molecular weight excluding hydrogens is 228 g/mol. The summed E-state index contributed by atoms with van der Waals surface area (Å²) in [6.45, 7) is 2.18. The average Bonchev–Trinajstić information content (AvgIpc) is 2.74. The highest BCUT2D eigenvalue weighted by Crippen LogP contribution is 2.25. The summed E-state index contributed by atoms with van der Waals surface area (Å²) in [6, 6.07) is 5.38. The minimum absolute atomic E-state index is 0.0700. The van der Waals surface area contributed by atoms with Crippen LogP contribution in [0.15, 0.2) is 18.2 Å². The molecule has 0 heterocycles. The highest BCUT2D eigenvalue weighted by Gasteiger charge is 2.25. The van der Waals surface area contributed by atoms with Crippen LogP contribution in [-0.2, 0) is 0 Å². The number of nitrogen functional groups attached to an aromatic ring is 1. The topological polar surface area (TPSA) is 64.3 Å². The second kappa shape index (κ2) is 5.29. The van der Waals surface area contributed by atoms with E-state index in [1.54, 1.807) is 25.3 Å². The molecule has 1 amide bonds. The van der Waals surface area contributed by atoms with E-state index in [-0.39, 0.29) is 11.9 Å². The lowest BCUT2D eigenvalue weighted by Gasteiger charge is -2.17. The third-order valence-corrected chi connectivity index (χ3v) is 3.60. The number of benzene rings is 1. The second-order valence-electron chi connectivity index (χ2n) is 4.98. The molecule has 0 saturated heterocycles. The molecule has 1 aromatic rings. The van der Waals surface area contributed by atoms with Gasteiger partial charge in [0.05, 0.1) is 7.11 Å². The Morgan fingerprint density at radius 2 is 2.17 bits per heavy atom. The number of carbonyl (C=O) groups excluding carboxylic acids is 1. The van der Waals surface area contributed by atoms with Gasteiger partial charge >= 0.3 is 0 Å². The predicted molar refractivity (Wildman–Crippen MR) is 71.7 cm³/mol. The molecule has 2 unspecified atom stereocenters. The Kier molecular flexibility index (Phi) is 3.75. The molecule has 0 spiro atoms. The predicted octanol–water partition coefficient (Wildman–Crippen LogP) is 2.20. The highest BCUT2D eigenvalue weighted by atomic mass is 16.5. The molecule has 98 valence electrons. The van der Waals surface area contributed by atoms with Crippen molar-refractivity contribution in [3.8, 4) is 5.75 Å². The van der Waals surface area contributed by atoms with Gasteiger partial charge in [-0.1, -0.05) is 13.3 Å². The maximum Gasteiger partial charge on any atom is 0.251 e. The van der Waals surface area contributed by atoms with E-state index in [1.165, 1.54) is 12.8 Å². The van der Waals surface area contributed by atoms with Crippen LogP contribution in [0.2, 0.25) is 0 Å². The van der Waals surface area contributed by atoms with Crippen molar-refractivity contribution in [1.82, 2.24) is 5.32 Å². The molecule has 2 rings (SSSR count). The van der Waals surface area contributed by atoms with Gasteiger partial charge in [-0.3, -0.25) is 4.79 Å². The number of amides is 1. The molecule has 0 radical (unpaired) electrons. The zero-order valence-electron chi connectivity index (χ0n) is 10.9. The molecule has 1 aliphatic rings. The SMILES string of the molecule is COc1cc(N)cc(C(=O)NC2CCCC2C)c1. The van der Waals surface area contributed by atoms with Gasteiger partial charge in [0.1, 0.15) is 5.75 Å². The Morgan fingerprint density at radius 3 is 2.78 bits per heavy atom. The smallest absolute Gasteiger partial charge is 0.251 e. The molecule has 2 atom stereocenters. The van der Waals surface area contributed by atoms with Crippen LogP contribution in [0.25, 0.3) is 0 Å². The van der Waals surface area contributed by atoms with Crippen LogP contribution in [-0.4, -0.2) is 19.1 Å². The van der Waals surface area contributed by atoms with Gasteiger partial charge in [0.25, 0.3) is 5.91 Å². The molecule has 18 heavy (non-hydrogen) atoms. The standard InChI is InChI=1S/C14H20N2O2/c1-9-4-3-5-13(9)16-14(17)10-6-11(15)8-12(7-10)18-2/h6-9,13H,3-5,15H2,1-2H3,(H,16,17). The highest BCUT2D eigenvalue weighted by molar-refractivity contribution is 5.95. The zero-order valence-corrected chi connectivity index (χ0v) is 10.9. The second-order valence-corrected chi connectivity index (χ2v) is 4.98. The minimum atomic E-state index is -0.0700. The van der Waals surface area contributed by atoms with Crippen LogP contribution in [0, 0.1) is 5.92 Å². The van der Waals surface area contributed by atoms with E-state index in [0.29, 0.717) is 22.9 Å². The maximum absolute atomic E-state index is 12.1. The van der Waals surface area contributed by atoms with Gasteiger partial charge in [-0.15, -0.1) is 0 Å². The molecule has 3 N–H and O–H groups in total. The molecule has 0 bridgehead atoms. The van der Waals surface area contributed by atoms with Crippen molar-refractivity contribution in [3.63, 3.8) is 0 Å². The number of methoxy groups -OCH3 is 1. The fourth-order valence-corrected chi connectivity index (χ4v) is 2.48. The molecular formula is C14H20N2O2. The van der Waals surface area contributed by atoms with Crippen molar-refractivity contribution < 1.29 is 9.53 Å². The van der Waals surface area contributed by atoms with Crippen molar-refractivity contribution in [1.29, 1.82) is 0 Å². The van der Waals surface area contributed by atoms with Crippen LogP contribution in [0.4, 0.5) is 5.69 Å². The van der Waals surface area contributed by atoms with E-state index in [0.717, 1.165) is 6.42 Å². The van der Waals surface area contributed by atoms with Gasteiger partial charge in [0.15, 0.2) is 0 Å². The fourth-order valence-electron chi connectivity index (χ4n) is 2.48. The quantitative estimate of drug-likeness (QED) is 0.806. The van der Waals surface area contributed by atoms with Crippen LogP contribution < -0.4 is 15.8 Å². The average molecular weight is 248 g/mol. The van der Waals surface area contributed by atoms with Crippen molar-refractivity contribution in [3.05, 3.63) is 23.8 Å². The first-order chi connectivity index (χ1) is 8.60. The van der Waals surface area contributed by atoms with Crippen LogP contribution >= 0.6 is 0 Å². The Balaban J connectivity index is 2.10. The number of carbonyl (C=O) groups is 1. The number of nitrogens with two attached hydrogens (primary N) is 1. The Bertz CT molecular complexity index is 445. The summed E-state index contributed by atoms with van der Waals surface area (Å²) >= 11 is 0. The lowest BCUT2D eigenvalue weighted by molar-refractivity contribution is 0.0929. The summed E-state index contributed by atoms with van der Waals surface area (Å²) in [5, 5.41) is 3.07. The van der Waals surface area contributed by atoms with Gasteiger partial charge in [0, 0.05) is 23.4 Å². The summed E-state index contributed by atoms with van der Waals surface area (Å²) < 4.78 is 5.12. The van der Waals surface area contributed by atoms with Crippen molar-refractivity contribution in [2.45, 2.75) is 32.2 Å². The van der Waals surface area contributed by atoms with E-state index in [1.807, 2.05) is 0 Å². The third kappa shape index (κ3) is 2.75. The first-order valence-corrected chi connectivity index (χ1v) is 6.35. The zero-order chi connectivity index (χ0) is 13.1. The monoisotopic (exact) mass is 248 g/mol. The van der Waals surface area contributed by atoms with Crippen molar-refractivity contribution in [2.75, 3.05) is 12.8 Å². The third-order valence-electron chi connectivity index (χ3n) is 3.60. The molecule has 4 nitrogen and oxygen atoms in total. The van der Waals surface area contributed by atoms with Gasteiger partial charge in [0.2, 0.25) is 0 Å². The van der Waals surface area contributed by atoms with Gasteiger partial charge < -0.3 is 15.8 Å². The van der Waals surface area contributed by atoms with Crippen LogP contribution in [0.3, 0.4) is 0 Å². The number of hydrogen-bond donors (Lipinski definition) is 2. The number of nitrogens with one attached hydrogen (secondary N) is 1. The lowest BCUT2D eigenvalue weighted by Crippen LogP contribution is -2.36. The molecule has 1 fully saturated rings. The molecule has 4 heteroatoms. The number of rotatable bonds is 3. The van der Waals surface area contributed by atoms with Crippen LogP contribution in [0.5, 0.6) is 5.75 Å². The summed E-state index contributed by atoms with van der Waals surface area (Å²) in [5.41, 5.74) is 6.85. The Labute approximate surface area is 108 Å². The van der Waals surface area contributed by atoms with E-state index in [2.05, 4.69) is 12.2 Å². The van der Waals surface area contributed by atoms with Crippen molar-refractivity contribution in [2.24, 2.45) is 5.92 Å². The van der Waals surface area contributed by atoms with E-state index >= 15 is 0 Å².